The first-order valence-corrected chi connectivity index (χ1v) is 10.6. The van der Waals surface area contributed by atoms with Gasteiger partial charge in [0.05, 0.1) is 22.9 Å². The largest absolute Gasteiger partial charge is 0.491 e. The second-order valence-corrected chi connectivity index (χ2v) is 7.57. The molecule has 1 unspecified atom stereocenters. The van der Waals surface area contributed by atoms with Crippen molar-refractivity contribution in [3.05, 3.63) is 47.0 Å². The van der Waals surface area contributed by atoms with E-state index >= 15 is 0 Å². The Morgan fingerprint density at radius 3 is 2.52 bits per heavy atom. The number of hydrogen-bond donors (Lipinski definition) is 0. The lowest BCUT2D eigenvalue weighted by atomic mass is 10.1. The summed E-state index contributed by atoms with van der Waals surface area (Å²) in [6.07, 6.45) is 14.3. The molecule has 0 N–H and O–H groups in total. The normalized spacial score (nSPS) is 12.3. The van der Waals surface area contributed by atoms with E-state index in [2.05, 4.69) is 11.9 Å². The van der Waals surface area contributed by atoms with Crippen molar-refractivity contribution in [3.8, 4) is 5.75 Å². The molecule has 0 radical (unpaired) electrons. The molecule has 0 aliphatic carbocycles. The molecule has 2 aromatic rings. The quantitative estimate of drug-likeness (QED) is 0.336. The third-order valence-corrected chi connectivity index (χ3v) is 5.14. The molecule has 27 heavy (non-hydrogen) atoms. The fraction of sp³-hybridized carbons (Fsp3) is 0.571. The molecular weight excluding hydrogens is 383 g/mol. The van der Waals surface area contributed by atoms with Gasteiger partial charge in [0.25, 0.3) is 0 Å². The highest BCUT2D eigenvalue weighted by Gasteiger charge is 2.12. The summed E-state index contributed by atoms with van der Waals surface area (Å²) in [4.78, 5) is 4.09. The van der Waals surface area contributed by atoms with Crippen molar-refractivity contribution >= 4 is 23.2 Å². The number of unbranched alkanes of at least 4 members (excludes halogenated alkanes) is 6. The van der Waals surface area contributed by atoms with Crippen molar-refractivity contribution in [1.82, 2.24) is 9.55 Å². The van der Waals surface area contributed by atoms with Gasteiger partial charge in [-0.2, -0.15) is 0 Å². The second-order valence-electron chi connectivity index (χ2n) is 6.76. The monoisotopic (exact) mass is 412 g/mol. The van der Waals surface area contributed by atoms with Crippen LogP contribution in [0, 0.1) is 0 Å². The van der Waals surface area contributed by atoms with Gasteiger partial charge in [0.15, 0.2) is 0 Å². The van der Waals surface area contributed by atoms with Crippen molar-refractivity contribution in [2.75, 3.05) is 13.2 Å². The second kappa shape index (κ2) is 13.0. The predicted octanol–water partition coefficient (Wildman–Crippen LogP) is 6.40. The van der Waals surface area contributed by atoms with Crippen molar-refractivity contribution in [2.24, 2.45) is 0 Å². The third-order valence-electron chi connectivity index (χ3n) is 4.40. The Morgan fingerprint density at radius 1 is 1.04 bits per heavy atom. The summed E-state index contributed by atoms with van der Waals surface area (Å²) < 4.78 is 14.0. The van der Waals surface area contributed by atoms with E-state index in [1.165, 1.54) is 38.5 Å². The fourth-order valence-electron chi connectivity index (χ4n) is 2.85. The number of hydrogen-bond acceptors (Lipinski definition) is 3. The van der Waals surface area contributed by atoms with E-state index in [9.17, 15) is 0 Å². The fourth-order valence-corrected chi connectivity index (χ4v) is 3.14. The average molecular weight is 413 g/mol. The van der Waals surface area contributed by atoms with Crippen molar-refractivity contribution in [1.29, 1.82) is 0 Å². The molecule has 0 saturated carbocycles. The summed E-state index contributed by atoms with van der Waals surface area (Å²) in [5.41, 5.74) is 0. The molecule has 4 nitrogen and oxygen atoms in total. The van der Waals surface area contributed by atoms with Crippen LogP contribution >= 0.6 is 23.2 Å². The number of nitrogens with zero attached hydrogens (tertiary/aromatic N) is 2. The van der Waals surface area contributed by atoms with Crippen LogP contribution in [0.5, 0.6) is 5.75 Å². The minimum atomic E-state index is -0.0475. The molecule has 0 amide bonds. The van der Waals surface area contributed by atoms with Crippen LogP contribution in [0.1, 0.15) is 51.9 Å². The standard InChI is InChI=1S/C21H30Cl2N2O2/c1-2-3-4-5-6-7-8-13-26-19(15-25-12-11-24-17-25)16-27-18-9-10-20(22)21(23)14-18/h9-12,14,17,19H,2-8,13,15-16H2,1H3. The highest BCUT2D eigenvalue weighted by atomic mass is 35.5. The minimum absolute atomic E-state index is 0.0475. The lowest BCUT2D eigenvalue weighted by molar-refractivity contribution is 0.00807. The van der Waals surface area contributed by atoms with Gasteiger partial charge in [0.1, 0.15) is 18.5 Å². The molecule has 6 heteroatoms. The highest BCUT2D eigenvalue weighted by molar-refractivity contribution is 6.42. The smallest absolute Gasteiger partial charge is 0.121 e. The zero-order chi connectivity index (χ0) is 19.3. The first kappa shape index (κ1) is 22.1. The summed E-state index contributed by atoms with van der Waals surface area (Å²) in [5, 5.41) is 1.01. The Hall–Kier alpha value is -1.23. The Balaban J connectivity index is 1.74. The van der Waals surface area contributed by atoms with Crippen molar-refractivity contribution < 1.29 is 9.47 Å². The van der Waals surface area contributed by atoms with Gasteiger partial charge in [-0.05, 0) is 18.6 Å². The Bertz CT molecular complexity index is 635. The van der Waals surface area contributed by atoms with E-state index in [1.54, 1.807) is 24.7 Å². The van der Waals surface area contributed by atoms with Crippen LogP contribution in [0.15, 0.2) is 36.9 Å². The van der Waals surface area contributed by atoms with Crippen LogP contribution in [-0.4, -0.2) is 28.9 Å². The maximum atomic E-state index is 6.09. The van der Waals surface area contributed by atoms with E-state index in [-0.39, 0.29) is 6.10 Å². The molecular formula is C21H30Cl2N2O2. The van der Waals surface area contributed by atoms with Crippen LogP contribution in [0.25, 0.3) is 0 Å². The lowest BCUT2D eigenvalue weighted by Gasteiger charge is -2.19. The van der Waals surface area contributed by atoms with Crippen LogP contribution in [0.4, 0.5) is 0 Å². The molecule has 2 rings (SSSR count). The summed E-state index contributed by atoms with van der Waals surface area (Å²) in [6, 6.07) is 5.29. The van der Waals surface area contributed by atoms with Crippen LogP contribution in [0.3, 0.4) is 0 Å². The molecule has 0 aliphatic rings. The molecule has 1 aromatic heterocycles. The molecule has 1 aromatic carbocycles. The minimum Gasteiger partial charge on any atom is -0.491 e. The summed E-state index contributed by atoms with van der Waals surface area (Å²) in [6.45, 7) is 4.15. The Kier molecular flexibility index (Phi) is 10.6. The maximum Gasteiger partial charge on any atom is 0.121 e. The Labute approximate surface area is 172 Å². The SMILES string of the molecule is CCCCCCCCCOC(COc1ccc(Cl)c(Cl)c1)Cn1ccnc1. The highest BCUT2D eigenvalue weighted by Crippen LogP contribution is 2.26. The lowest BCUT2D eigenvalue weighted by Crippen LogP contribution is -2.27. The third kappa shape index (κ3) is 9.00. The summed E-state index contributed by atoms with van der Waals surface area (Å²) in [7, 11) is 0. The number of aromatic nitrogens is 2. The first-order valence-electron chi connectivity index (χ1n) is 9.84. The van der Waals surface area contributed by atoms with Gasteiger partial charge in [-0.1, -0.05) is 68.7 Å². The van der Waals surface area contributed by atoms with Gasteiger partial charge in [-0.3, -0.25) is 0 Å². The average Bonchev–Trinajstić information content (AvgIpc) is 3.17. The molecule has 0 bridgehead atoms. The summed E-state index contributed by atoms with van der Waals surface area (Å²) in [5.74, 6) is 0.694. The van der Waals surface area contributed by atoms with E-state index in [0.717, 1.165) is 13.0 Å². The van der Waals surface area contributed by atoms with E-state index in [1.807, 2.05) is 16.8 Å². The van der Waals surface area contributed by atoms with E-state index < -0.39 is 0 Å². The number of ether oxygens (including phenoxy) is 2. The van der Waals surface area contributed by atoms with Gasteiger partial charge in [0.2, 0.25) is 0 Å². The molecule has 0 fully saturated rings. The molecule has 0 aliphatic heterocycles. The van der Waals surface area contributed by atoms with Gasteiger partial charge in [-0.25, -0.2) is 4.98 Å². The van der Waals surface area contributed by atoms with Crippen LogP contribution in [0.2, 0.25) is 10.0 Å². The Morgan fingerprint density at radius 2 is 1.81 bits per heavy atom. The van der Waals surface area contributed by atoms with Crippen molar-refractivity contribution in [3.63, 3.8) is 0 Å². The molecule has 0 saturated heterocycles. The van der Waals surface area contributed by atoms with Gasteiger partial charge in [0, 0.05) is 25.1 Å². The van der Waals surface area contributed by atoms with E-state index in [0.29, 0.717) is 28.9 Å². The molecule has 150 valence electrons. The topological polar surface area (TPSA) is 36.3 Å². The number of imidazole rings is 1. The van der Waals surface area contributed by atoms with Crippen molar-refractivity contribution in [2.45, 2.75) is 64.5 Å². The van der Waals surface area contributed by atoms with Gasteiger partial charge < -0.3 is 14.0 Å². The zero-order valence-corrected chi connectivity index (χ0v) is 17.6. The van der Waals surface area contributed by atoms with Crippen LogP contribution < -0.4 is 4.74 Å². The molecule has 1 heterocycles. The molecule has 1 atom stereocenters. The van der Waals surface area contributed by atoms with E-state index in [4.69, 9.17) is 32.7 Å². The number of benzene rings is 1. The number of halogens is 2. The maximum absolute atomic E-state index is 6.09. The summed E-state index contributed by atoms with van der Waals surface area (Å²) >= 11 is 12.0. The number of rotatable bonds is 14. The molecule has 0 spiro atoms. The van der Waals surface area contributed by atoms with Crippen LogP contribution in [-0.2, 0) is 11.3 Å². The predicted molar refractivity (Wildman–Crippen MR) is 112 cm³/mol. The zero-order valence-electron chi connectivity index (χ0n) is 16.1. The van der Waals surface area contributed by atoms with Gasteiger partial charge >= 0.3 is 0 Å². The first-order chi connectivity index (χ1) is 13.2. The van der Waals surface area contributed by atoms with Gasteiger partial charge in [-0.15, -0.1) is 0 Å².